The van der Waals surface area contributed by atoms with Gasteiger partial charge in [0.05, 0.1) is 11.9 Å². The van der Waals surface area contributed by atoms with E-state index in [2.05, 4.69) is 10.2 Å². The molecule has 0 fully saturated rings. The lowest BCUT2D eigenvalue weighted by Gasteiger charge is -1.76. The van der Waals surface area contributed by atoms with Gasteiger partial charge in [-0.2, -0.15) is 10.2 Å². The molecule has 0 aromatic carbocycles. The maximum atomic E-state index is 5.21. The van der Waals surface area contributed by atoms with E-state index in [1.165, 1.54) is 0 Å². The fraction of sp³-hybridized carbons (Fsp3) is 0.333. The molecule has 0 radical (unpaired) electrons. The van der Waals surface area contributed by atoms with Crippen LogP contribution in [0.1, 0.15) is 0 Å². The van der Waals surface area contributed by atoms with Gasteiger partial charge in [0.1, 0.15) is 6.54 Å². The molecule has 3 heteroatoms. The van der Waals surface area contributed by atoms with E-state index in [0.717, 1.165) is 5.70 Å². The van der Waals surface area contributed by atoms with Gasteiger partial charge < -0.3 is 5.73 Å². The highest BCUT2D eigenvalue weighted by atomic mass is 15.1. The summed E-state index contributed by atoms with van der Waals surface area (Å²) in [6, 6.07) is 0. The van der Waals surface area contributed by atoms with Crippen molar-refractivity contribution in [2.24, 2.45) is 16.0 Å². The van der Waals surface area contributed by atoms with Crippen LogP contribution in [0.25, 0.3) is 0 Å². The molecule has 2 N–H and O–H groups in total. The molecule has 0 unspecified atom stereocenters. The van der Waals surface area contributed by atoms with E-state index in [0.29, 0.717) is 6.54 Å². The standard InChI is InChI=1S/C3H5N3/c4-3-1-5-6-2-3/h1H,2,4H2. The van der Waals surface area contributed by atoms with Crippen LogP contribution in [0.4, 0.5) is 0 Å². The third-order valence-corrected chi connectivity index (χ3v) is 0.558. The minimum atomic E-state index is 0.583. The summed E-state index contributed by atoms with van der Waals surface area (Å²) >= 11 is 0. The first-order chi connectivity index (χ1) is 2.89. The van der Waals surface area contributed by atoms with E-state index in [-0.39, 0.29) is 0 Å². The van der Waals surface area contributed by atoms with Crippen LogP contribution < -0.4 is 5.73 Å². The summed E-state index contributed by atoms with van der Waals surface area (Å²) in [4.78, 5) is 0. The molecule has 0 aromatic rings. The van der Waals surface area contributed by atoms with Crippen LogP contribution in [0, 0.1) is 0 Å². The van der Waals surface area contributed by atoms with Gasteiger partial charge in [0.15, 0.2) is 0 Å². The Balaban J connectivity index is 2.61. The van der Waals surface area contributed by atoms with E-state index < -0.39 is 0 Å². The molecule has 1 aliphatic rings. The molecule has 1 aliphatic heterocycles. The molecule has 0 saturated carbocycles. The van der Waals surface area contributed by atoms with Crippen molar-refractivity contribution >= 4 is 0 Å². The third kappa shape index (κ3) is 0.381. The molecule has 0 aliphatic carbocycles. The first-order valence-electron chi connectivity index (χ1n) is 1.71. The molecule has 0 amide bonds. The Morgan fingerprint density at radius 1 is 1.83 bits per heavy atom. The highest BCUT2D eigenvalue weighted by Gasteiger charge is 1.89. The van der Waals surface area contributed by atoms with Crippen molar-refractivity contribution in [3.05, 3.63) is 11.9 Å². The fourth-order valence-electron chi connectivity index (χ4n) is 0.278. The minimum absolute atomic E-state index is 0.583. The van der Waals surface area contributed by atoms with Crippen LogP contribution in [0.3, 0.4) is 0 Å². The summed E-state index contributed by atoms with van der Waals surface area (Å²) in [5.74, 6) is 0. The first kappa shape index (κ1) is 3.33. The molecule has 0 spiro atoms. The van der Waals surface area contributed by atoms with Gasteiger partial charge in [-0.25, -0.2) is 0 Å². The number of hydrogen-bond acceptors (Lipinski definition) is 3. The third-order valence-electron chi connectivity index (χ3n) is 0.558. The van der Waals surface area contributed by atoms with Crippen molar-refractivity contribution in [2.75, 3.05) is 6.54 Å². The zero-order chi connectivity index (χ0) is 4.41. The monoisotopic (exact) mass is 83.0 g/mol. The molecule has 0 atom stereocenters. The van der Waals surface area contributed by atoms with Gasteiger partial charge in [0, 0.05) is 0 Å². The smallest absolute Gasteiger partial charge is 0.101 e. The van der Waals surface area contributed by atoms with Gasteiger partial charge in [-0.05, 0) is 0 Å². The van der Waals surface area contributed by atoms with Gasteiger partial charge in [-0.1, -0.05) is 0 Å². The summed E-state index contributed by atoms with van der Waals surface area (Å²) in [6.45, 7) is 0.583. The number of hydrogen-bond donors (Lipinski definition) is 1. The summed E-state index contributed by atoms with van der Waals surface area (Å²) in [6.07, 6.45) is 1.56. The molecule has 0 saturated heterocycles. The number of rotatable bonds is 0. The van der Waals surface area contributed by atoms with E-state index in [1.54, 1.807) is 6.20 Å². The van der Waals surface area contributed by atoms with Crippen LogP contribution in [0.2, 0.25) is 0 Å². The van der Waals surface area contributed by atoms with Crippen molar-refractivity contribution in [2.45, 2.75) is 0 Å². The second kappa shape index (κ2) is 1.08. The Hall–Kier alpha value is -0.860. The second-order valence-corrected chi connectivity index (χ2v) is 1.12. The molecule has 32 valence electrons. The largest absolute Gasteiger partial charge is 0.399 e. The molecule has 1 rings (SSSR count). The molecule has 3 nitrogen and oxygen atoms in total. The lowest BCUT2D eigenvalue weighted by molar-refractivity contribution is 1.08. The van der Waals surface area contributed by atoms with E-state index >= 15 is 0 Å². The molecular weight excluding hydrogens is 78.1 g/mol. The summed E-state index contributed by atoms with van der Waals surface area (Å²) in [7, 11) is 0. The number of azo groups is 1. The van der Waals surface area contributed by atoms with E-state index in [4.69, 9.17) is 5.73 Å². The molecular formula is C3H5N3. The van der Waals surface area contributed by atoms with Crippen LogP contribution in [0.15, 0.2) is 22.1 Å². The fourth-order valence-corrected chi connectivity index (χ4v) is 0.278. The summed E-state index contributed by atoms with van der Waals surface area (Å²) in [5, 5.41) is 7.07. The molecule has 6 heavy (non-hydrogen) atoms. The maximum Gasteiger partial charge on any atom is 0.101 e. The second-order valence-electron chi connectivity index (χ2n) is 1.12. The number of nitrogens with zero attached hydrogens (tertiary/aromatic N) is 2. The summed E-state index contributed by atoms with van der Waals surface area (Å²) < 4.78 is 0. The Morgan fingerprint density at radius 2 is 2.67 bits per heavy atom. The van der Waals surface area contributed by atoms with Gasteiger partial charge in [0.2, 0.25) is 0 Å². The lowest BCUT2D eigenvalue weighted by Crippen LogP contribution is -1.95. The zero-order valence-electron chi connectivity index (χ0n) is 3.26. The zero-order valence-corrected chi connectivity index (χ0v) is 3.26. The normalized spacial score (nSPS) is 18.3. The van der Waals surface area contributed by atoms with Crippen molar-refractivity contribution in [1.82, 2.24) is 0 Å². The Morgan fingerprint density at radius 3 is 2.83 bits per heavy atom. The Kier molecular flexibility index (Phi) is 0.602. The highest BCUT2D eigenvalue weighted by Crippen LogP contribution is 1.94. The predicted octanol–water partition coefficient (Wildman–Crippen LogP) is 0.252. The number of nitrogens with two attached hydrogens (primary N) is 1. The van der Waals surface area contributed by atoms with Gasteiger partial charge >= 0.3 is 0 Å². The SMILES string of the molecule is NC1=CN=NC1. The van der Waals surface area contributed by atoms with E-state index in [9.17, 15) is 0 Å². The first-order valence-corrected chi connectivity index (χ1v) is 1.71. The van der Waals surface area contributed by atoms with Crippen molar-refractivity contribution in [3.63, 3.8) is 0 Å². The van der Waals surface area contributed by atoms with Crippen molar-refractivity contribution < 1.29 is 0 Å². The van der Waals surface area contributed by atoms with Crippen molar-refractivity contribution in [3.8, 4) is 0 Å². The average Bonchev–Trinajstić information content (AvgIpc) is 1.86. The molecule has 1 heterocycles. The Labute approximate surface area is 35.6 Å². The van der Waals surface area contributed by atoms with Crippen LogP contribution in [-0.2, 0) is 0 Å². The lowest BCUT2D eigenvalue weighted by atomic mass is 10.5. The van der Waals surface area contributed by atoms with Crippen LogP contribution in [0.5, 0.6) is 0 Å². The van der Waals surface area contributed by atoms with Gasteiger partial charge in [0.25, 0.3) is 0 Å². The molecule has 0 aromatic heterocycles. The molecule has 0 bridgehead atoms. The van der Waals surface area contributed by atoms with Crippen LogP contribution in [-0.4, -0.2) is 6.54 Å². The average molecular weight is 83.1 g/mol. The van der Waals surface area contributed by atoms with E-state index in [1.807, 2.05) is 0 Å². The van der Waals surface area contributed by atoms with Crippen molar-refractivity contribution in [1.29, 1.82) is 0 Å². The maximum absolute atomic E-state index is 5.21. The highest BCUT2D eigenvalue weighted by molar-refractivity contribution is 5.00. The Bertz CT molecular complexity index is 103. The quantitative estimate of drug-likeness (QED) is 0.448. The van der Waals surface area contributed by atoms with Gasteiger partial charge in [-0.3, -0.25) is 0 Å². The van der Waals surface area contributed by atoms with Crippen LogP contribution >= 0.6 is 0 Å². The predicted molar refractivity (Wildman–Crippen MR) is 22.0 cm³/mol. The minimum Gasteiger partial charge on any atom is -0.399 e. The summed E-state index contributed by atoms with van der Waals surface area (Å²) in [5.41, 5.74) is 5.95. The van der Waals surface area contributed by atoms with Gasteiger partial charge in [-0.15, -0.1) is 0 Å². The topological polar surface area (TPSA) is 50.7 Å².